The van der Waals surface area contributed by atoms with Crippen LogP contribution < -0.4 is 5.32 Å². The molecule has 6 heteroatoms. The summed E-state index contributed by atoms with van der Waals surface area (Å²) >= 11 is 0. The molecule has 1 aromatic heterocycles. The number of nitrogens with one attached hydrogen (secondary N) is 1. The van der Waals surface area contributed by atoms with E-state index in [1.54, 1.807) is 31.2 Å². The van der Waals surface area contributed by atoms with Crippen molar-refractivity contribution in [2.24, 2.45) is 0 Å². The van der Waals surface area contributed by atoms with Crippen molar-refractivity contribution in [3.63, 3.8) is 0 Å². The second-order valence-corrected chi connectivity index (χ2v) is 6.86. The number of anilines is 1. The van der Waals surface area contributed by atoms with Crippen molar-refractivity contribution in [1.29, 1.82) is 0 Å². The van der Waals surface area contributed by atoms with Gasteiger partial charge in [0.1, 0.15) is 0 Å². The fraction of sp³-hybridized carbons (Fsp3) is 0.217. The van der Waals surface area contributed by atoms with Gasteiger partial charge in [0.25, 0.3) is 5.91 Å². The number of ether oxygens (including phenoxy) is 1. The van der Waals surface area contributed by atoms with Crippen molar-refractivity contribution >= 4 is 17.7 Å². The number of hydrogen-bond donors (Lipinski definition) is 1. The van der Waals surface area contributed by atoms with E-state index < -0.39 is 6.09 Å². The van der Waals surface area contributed by atoms with Gasteiger partial charge >= 0.3 is 6.09 Å². The van der Waals surface area contributed by atoms with Crippen LogP contribution in [0.1, 0.15) is 34.6 Å². The molecule has 2 aromatic carbocycles. The standard InChI is InChI=1S/C23H23N3O3/c1-2-29-23(28)24-19-11-6-10-18(16-19)22(27)26-15-14-25-13-7-12-20(25)21(26)17-8-4-3-5-9-17/h3-13,16,21H,2,14-15H2,1H3,(H,24,28)/t21-/m1/s1. The molecule has 29 heavy (non-hydrogen) atoms. The first-order valence-corrected chi connectivity index (χ1v) is 9.72. The Kier molecular flexibility index (Phi) is 5.33. The minimum absolute atomic E-state index is 0.0705. The maximum atomic E-state index is 13.5. The van der Waals surface area contributed by atoms with Crippen LogP contribution in [0.25, 0.3) is 0 Å². The highest BCUT2D eigenvalue weighted by Crippen LogP contribution is 2.33. The van der Waals surface area contributed by atoms with Crippen LogP contribution in [0.15, 0.2) is 72.9 Å². The van der Waals surface area contributed by atoms with Crippen molar-refractivity contribution in [3.8, 4) is 0 Å². The van der Waals surface area contributed by atoms with E-state index in [0.29, 0.717) is 17.8 Å². The normalized spacial score (nSPS) is 15.5. The Hall–Kier alpha value is -3.54. The van der Waals surface area contributed by atoms with Gasteiger partial charge in [-0.15, -0.1) is 0 Å². The molecule has 0 bridgehead atoms. The van der Waals surface area contributed by atoms with Gasteiger partial charge in [-0.25, -0.2) is 4.79 Å². The van der Waals surface area contributed by atoms with E-state index in [-0.39, 0.29) is 18.6 Å². The number of fused-ring (bicyclic) bond motifs is 1. The van der Waals surface area contributed by atoms with Crippen molar-refractivity contribution < 1.29 is 14.3 Å². The monoisotopic (exact) mass is 389 g/mol. The van der Waals surface area contributed by atoms with Crippen LogP contribution in [0.3, 0.4) is 0 Å². The number of nitrogens with zero attached hydrogens (tertiary/aromatic N) is 2. The molecule has 1 aliphatic heterocycles. The van der Waals surface area contributed by atoms with Gasteiger partial charge in [0.2, 0.25) is 0 Å². The summed E-state index contributed by atoms with van der Waals surface area (Å²) in [7, 11) is 0. The Labute approximate surface area is 169 Å². The first-order valence-electron chi connectivity index (χ1n) is 9.72. The van der Waals surface area contributed by atoms with E-state index in [0.717, 1.165) is 17.8 Å². The fourth-order valence-corrected chi connectivity index (χ4v) is 3.77. The second-order valence-electron chi connectivity index (χ2n) is 6.86. The predicted molar refractivity (Wildman–Crippen MR) is 111 cm³/mol. The van der Waals surface area contributed by atoms with Gasteiger partial charge in [0.15, 0.2) is 0 Å². The Balaban J connectivity index is 1.65. The van der Waals surface area contributed by atoms with Crippen LogP contribution in [0, 0.1) is 0 Å². The van der Waals surface area contributed by atoms with Gasteiger partial charge in [-0.1, -0.05) is 36.4 Å². The Morgan fingerprint density at radius 2 is 1.86 bits per heavy atom. The Morgan fingerprint density at radius 1 is 1.03 bits per heavy atom. The largest absolute Gasteiger partial charge is 0.450 e. The van der Waals surface area contributed by atoms with E-state index in [1.165, 1.54) is 0 Å². The summed E-state index contributed by atoms with van der Waals surface area (Å²) in [5.74, 6) is -0.0705. The number of carbonyl (C=O) groups is 2. The lowest BCUT2D eigenvalue weighted by molar-refractivity contribution is 0.0664. The molecule has 148 valence electrons. The summed E-state index contributed by atoms with van der Waals surface area (Å²) in [5, 5.41) is 2.66. The van der Waals surface area contributed by atoms with Crippen LogP contribution in [0.5, 0.6) is 0 Å². The van der Waals surface area contributed by atoms with Crippen LogP contribution in [-0.4, -0.2) is 34.6 Å². The third kappa shape index (κ3) is 3.87. The molecular formula is C23H23N3O3. The molecule has 0 fully saturated rings. The SMILES string of the molecule is CCOC(=O)Nc1cccc(C(=O)N2CCn3cccc3[C@H]2c2ccccc2)c1. The maximum absolute atomic E-state index is 13.5. The van der Waals surface area contributed by atoms with Crippen molar-refractivity contribution in [3.05, 3.63) is 89.7 Å². The molecule has 2 amide bonds. The third-order valence-corrected chi connectivity index (χ3v) is 5.05. The van der Waals surface area contributed by atoms with Crippen molar-refractivity contribution in [2.75, 3.05) is 18.5 Å². The Morgan fingerprint density at radius 3 is 2.66 bits per heavy atom. The van der Waals surface area contributed by atoms with Crippen LogP contribution in [-0.2, 0) is 11.3 Å². The molecule has 0 aliphatic carbocycles. The fourth-order valence-electron chi connectivity index (χ4n) is 3.77. The number of hydrogen-bond acceptors (Lipinski definition) is 3. The topological polar surface area (TPSA) is 63.6 Å². The van der Waals surface area contributed by atoms with Gasteiger partial charge in [-0.05, 0) is 42.8 Å². The zero-order valence-electron chi connectivity index (χ0n) is 16.2. The summed E-state index contributed by atoms with van der Waals surface area (Å²) in [6, 6.07) is 20.9. The summed E-state index contributed by atoms with van der Waals surface area (Å²) in [4.78, 5) is 27.1. The molecule has 3 aromatic rings. The average Bonchev–Trinajstić information content (AvgIpc) is 3.22. The smallest absolute Gasteiger partial charge is 0.411 e. The lowest BCUT2D eigenvalue weighted by Gasteiger charge is -2.37. The van der Waals surface area contributed by atoms with E-state index in [4.69, 9.17) is 4.74 Å². The van der Waals surface area contributed by atoms with Gasteiger partial charge in [0, 0.05) is 36.2 Å². The molecule has 2 heterocycles. The van der Waals surface area contributed by atoms with Crippen LogP contribution in [0.2, 0.25) is 0 Å². The molecule has 0 spiro atoms. The minimum atomic E-state index is -0.532. The third-order valence-electron chi connectivity index (χ3n) is 5.05. The van der Waals surface area contributed by atoms with E-state index in [2.05, 4.69) is 22.1 Å². The van der Waals surface area contributed by atoms with Gasteiger partial charge in [-0.2, -0.15) is 0 Å². The number of benzene rings is 2. The van der Waals surface area contributed by atoms with Crippen molar-refractivity contribution in [1.82, 2.24) is 9.47 Å². The van der Waals surface area contributed by atoms with E-state index in [1.807, 2.05) is 41.3 Å². The molecule has 0 saturated carbocycles. The summed E-state index contributed by atoms with van der Waals surface area (Å²) in [6.45, 7) is 3.39. The first-order chi connectivity index (χ1) is 14.2. The van der Waals surface area contributed by atoms with Crippen molar-refractivity contribution in [2.45, 2.75) is 19.5 Å². The molecule has 0 radical (unpaired) electrons. The van der Waals surface area contributed by atoms with E-state index in [9.17, 15) is 9.59 Å². The zero-order valence-corrected chi connectivity index (χ0v) is 16.2. The van der Waals surface area contributed by atoms with Gasteiger partial charge in [0.05, 0.1) is 12.6 Å². The number of rotatable bonds is 4. The summed E-state index contributed by atoms with van der Waals surface area (Å²) in [5.41, 5.74) is 3.23. The molecule has 1 aliphatic rings. The minimum Gasteiger partial charge on any atom is -0.450 e. The molecular weight excluding hydrogens is 366 g/mol. The highest BCUT2D eigenvalue weighted by Gasteiger charge is 2.32. The number of aromatic nitrogens is 1. The molecule has 6 nitrogen and oxygen atoms in total. The lowest BCUT2D eigenvalue weighted by Crippen LogP contribution is -2.42. The van der Waals surface area contributed by atoms with E-state index >= 15 is 0 Å². The highest BCUT2D eigenvalue weighted by molar-refractivity contribution is 5.96. The summed E-state index contributed by atoms with van der Waals surface area (Å²) in [6.07, 6.45) is 1.52. The molecule has 1 N–H and O–H groups in total. The Bertz CT molecular complexity index is 1010. The number of amides is 2. The van der Waals surface area contributed by atoms with Crippen LogP contribution >= 0.6 is 0 Å². The van der Waals surface area contributed by atoms with Gasteiger partial charge < -0.3 is 14.2 Å². The first kappa shape index (κ1) is 18.8. The molecule has 0 unspecified atom stereocenters. The molecule has 4 rings (SSSR count). The van der Waals surface area contributed by atoms with Gasteiger partial charge in [-0.3, -0.25) is 10.1 Å². The highest BCUT2D eigenvalue weighted by atomic mass is 16.5. The molecule has 1 atom stereocenters. The average molecular weight is 389 g/mol. The lowest BCUT2D eigenvalue weighted by atomic mass is 9.99. The zero-order chi connectivity index (χ0) is 20.2. The maximum Gasteiger partial charge on any atom is 0.411 e. The number of carbonyl (C=O) groups excluding carboxylic acids is 2. The summed E-state index contributed by atoms with van der Waals surface area (Å²) < 4.78 is 7.11. The predicted octanol–water partition coefficient (Wildman–Crippen LogP) is 4.30. The quantitative estimate of drug-likeness (QED) is 0.724. The van der Waals surface area contributed by atoms with Crippen LogP contribution in [0.4, 0.5) is 10.5 Å². The second kappa shape index (κ2) is 8.22. The molecule has 0 saturated heterocycles.